The summed E-state index contributed by atoms with van der Waals surface area (Å²) >= 11 is 3.07. The van der Waals surface area contributed by atoms with Gasteiger partial charge in [0.25, 0.3) is 11.8 Å². The molecule has 14 nitrogen and oxygen atoms in total. The van der Waals surface area contributed by atoms with E-state index in [4.69, 9.17) is 4.74 Å². The minimum Gasteiger partial charge on any atom is -0.508 e. The van der Waals surface area contributed by atoms with Gasteiger partial charge in [0.1, 0.15) is 29.3 Å². The van der Waals surface area contributed by atoms with E-state index >= 15 is 0 Å². The molecule has 69 heavy (non-hydrogen) atoms. The van der Waals surface area contributed by atoms with Crippen molar-refractivity contribution in [2.75, 3.05) is 13.2 Å². The quantitative estimate of drug-likeness (QED) is 0.0456. The Morgan fingerprint density at radius 2 is 1.57 bits per heavy atom. The number of hydrogen-bond donors (Lipinski definition) is 6. The summed E-state index contributed by atoms with van der Waals surface area (Å²) in [4.78, 5) is 62.2. The Morgan fingerprint density at radius 3 is 2.26 bits per heavy atom. The number of aliphatic hydroxyl groups excluding tert-OH is 1. The fraction of sp³-hybridized carbons (Fsp3) is 0.245. The van der Waals surface area contributed by atoms with Crippen LogP contribution in [-0.2, 0) is 14.4 Å². The van der Waals surface area contributed by atoms with Crippen molar-refractivity contribution in [3.63, 3.8) is 0 Å². The van der Waals surface area contributed by atoms with Crippen molar-refractivity contribution in [1.82, 2.24) is 25.9 Å². The highest BCUT2D eigenvalue weighted by Gasteiger charge is 2.44. The van der Waals surface area contributed by atoms with E-state index in [2.05, 4.69) is 26.1 Å². The number of aliphatic hydroxyl groups is 1. The Kier molecular flexibility index (Phi) is 14.2. The molecule has 0 spiro atoms. The number of fused-ring (bicyclic) bond motifs is 1. The predicted octanol–water partition coefficient (Wildman–Crippen LogP) is 8.59. The number of phenols is 2. The molecule has 0 radical (unpaired) electrons. The number of thiophene rings is 1. The number of hydrogen-bond acceptors (Lipinski definition) is 12. The Balaban J connectivity index is 0.851. The summed E-state index contributed by atoms with van der Waals surface area (Å²) in [6, 6.07) is 31.5. The third-order valence-corrected chi connectivity index (χ3v) is 14.1. The van der Waals surface area contributed by atoms with Crippen LogP contribution in [0.15, 0.2) is 126 Å². The molecule has 354 valence electrons. The normalized spacial score (nSPS) is 15.8. The SMILES string of the molecule is Cc1ncsc1-c1ccc(C(C)NC(=O)C2CC(O)CN2C(=O)C(NC(=O)COc2ccc(C=NNC(=O)c3cccc(-c4c(-c5ccc(O)cc5)sc5cc(O)ccc45)c3)cc2)C(C)(C)C)cc1. The van der Waals surface area contributed by atoms with E-state index in [0.29, 0.717) is 16.9 Å². The molecule has 1 aliphatic rings. The first-order chi connectivity index (χ1) is 33.0. The summed E-state index contributed by atoms with van der Waals surface area (Å²) in [5.74, 6) is -1.17. The summed E-state index contributed by atoms with van der Waals surface area (Å²) in [5.41, 5.74) is 10.1. The van der Waals surface area contributed by atoms with Crippen LogP contribution in [0, 0.1) is 12.3 Å². The number of phenolic OH excluding ortho intramolecular Hbond substituents is 2. The molecule has 1 aliphatic heterocycles. The van der Waals surface area contributed by atoms with Gasteiger partial charge >= 0.3 is 0 Å². The lowest BCUT2D eigenvalue weighted by Gasteiger charge is -2.35. The van der Waals surface area contributed by atoms with Crippen LogP contribution in [0.5, 0.6) is 17.2 Å². The largest absolute Gasteiger partial charge is 0.508 e. The molecule has 1 saturated heterocycles. The number of β-amino-alcohol motifs (C(OH)–C–C–N with tert-alkyl or cyclic N) is 1. The Morgan fingerprint density at radius 1 is 0.870 bits per heavy atom. The standard InChI is InChI=1S/C53H52N6O8S2/c1-30(33-11-13-34(14-12-33)47-31(2)54-29-68-47)56-51(65)43-24-40(62)27-59(43)52(66)49(53(3,4)5)57-45(63)28-67-41-20-9-32(10-21-41)26-55-58-50(64)37-8-6-7-36(23-37)46-42-22-19-39(61)25-44(42)69-48(46)35-15-17-38(60)18-16-35/h6-23,25-26,29-30,40,43,49,60-62H,24,27-28H2,1-5H3,(H,56,65)(H,57,63)(H,58,64). The smallest absolute Gasteiger partial charge is 0.271 e. The summed E-state index contributed by atoms with van der Waals surface area (Å²) in [5, 5.41) is 41.6. The minimum absolute atomic E-state index is 0.0516. The molecule has 0 bridgehead atoms. The van der Waals surface area contributed by atoms with Crippen LogP contribution >= 0.6 is 22.7 Å². The minimum atomic E-state index is -1.03. The molecule has 5 aromatic carbocycles. The highest BCUT2D eigenvalue weighted by Crippen LogP contribution is 2.46. The van der Waals surface area contributed by atoms with Gasteiger partial charge in [0.15, 0.2) is 6.61 Å². The fourth-order valence-electron chi connectivity index (χ4n) is 8.25. The van der Waals surface area contributed by atoms with Crippen molar-refractivity contribution in [3.8, 4) is 49.3 Å². The van der Waals surface area contributed by atoms with Crippen molar-refractivity contribution in [2.24, 2.45) is 10.5 Å². The highest BCUT2D eigenvalue weighted by molar-refractivity contribution is 7.23. The monoisotopic (exact) mass is 964 g/mol. The molecule has 8 rings (SSSR count). The molecular weight excluding hydrogens is 913 g/mol. The molecule has 4 amide bonds. The van der Waals surface area contributed by atoms with Gasteiger partial charge in [0.2, 0.25) is 11.8 Å². The number of nitrogens with one attached hydrogen (secondary N) is 3. The number of ether oxygens (including phenoxy) is 1. The molecule has 3 heterocycles. The van der Waals surface area contributed by atoms with Crippen molar-refractivity contribution in [2.45, 2.75) is 65.3 Å². The number of thiazole rings is 1. The third kappa shape index (κ3) is 11.2. The maximum Gasteiger partial charge on any atom is 0.271 e. The highest BCUT2D eigenvalue weighted by atomic mass is 32.1. The summed E-state index contributed by atoms with van der Waals surface area (Å²) in [6.45, 7) is 8.82. The van der Waals surface area contributed by atoms with Crippen LogP contribution in [0.25, 0.3) is 42.1 Å². The average Bonchev–Trinajstić information content (AvgIpc) is 4.06. The molecule has 1 fully saturated rings. The first-order valence-corrected chi connectivity index (χ1v) is 24.0. The van der Waals surface area contributed by atoms with Crippen molar-refractivity contribution in [3.05, 3.63) is 143 Å². The number of benzene rings is 5. The summed E-state index contributed by atoms with van der Waals surface area (Å²) < 4.78 is 6.65. The van der Waals surface area contributed by atoms with Crippen molar-refractivity contribution >= 4 is 62.6 Å². The van der Waals surface area contributed by atoms with Crippen LogP contribution in [-0.4, -0.2) is 86.4 Å². The second kappa shape index (κ2) is 20.4. The van der Waals surface area contributed by atoms with E-state index in [1.165, 1.54) is 22.5 Å². The van der Waals surface area contributed by atoms with Crippen molar-refractivity contribution in [1.29, 1.82) is 0 Å². The maximum atomic E-state index is 14.2. The molecule has 7 aromatic rings. The van der Waals surface area contributed by atoms with Gasteiger partial charge < -0.3 is 35.6 Å². The zero-order valence-corrected chi connectivity index (χ0v) is 40.2. The number of nitrogens with zero attached hydrogens (tertiary/aromatic N) is 3. The lowest BCUT2D eigenvalue weighted by molar-refractivity contribution is -0.144. The number of amides is 4. The molecule has 0 saturated carbocycles. The number of aryl methyl sites for hydroxylation is 1. The second-order valence-electron chi connectivity index (χ2n) is 18.1. The van der Waals surface area contributed by atoms with Crippen LogP contribution in [0.3, 0.4) is 0 Å². The number of hydrazone groups is 1. The number of carbonyl (C=O) groups is 4. The predicted molar refractivity (Wildman–Crippen MR) is 269 cm³/mol. The van der Waals surface area contributed by atoms with Crippen molar-refractivity contribution < 1.29 is 39.2 Å². The van der Waals surface area contributed by atoms with E-state index < -0.39 is 53.8 Å². The number of aromatic hydroxyl groups is 2. The first-order valence-electron chi connectivity index (χ1n) is 22.3. The molecule has 16 heteroatoms. The lowest BCUT2D eigenvalue weighted by Crippen LogP contribution is -2.58. The number of carbonyl (C=O) groups excluding carboxylic acids is 4. The Bertz CT molecular complexity index is 3030. The number of rotatable bonds is 14. The van der Waals surface area contributed by atoms with Gasteiger partial charge in [-0.25, -0.2) is 10.4 Å². The van der Waals surface area contributed by atoms with E-state index in [1.807, 2.05) is 83.1 Å². The van der Waals surface area contributed by atoms with E-state index in [1.54, 1.807) is 83.6 Å². The number of likely N-dealkylation sites (tertiary alicyclic amines) is 1. The Labute approximate surface area is 407 Å². The van der Waals surface area contributed by atoms with Gasteiger partial charge in [0.05, 0.1) is 34.4 Å². The van der Waals surface area contributed by atoms with Gasteiger partial charge in [-0.15, -0.1) is 22.7 Å². The lowest BCUT2D eigenvalue weighted by atomic mass is 9.85. The second-order valence-corrected chi connectivity index (χ2v) is 20.0. The molecule has 4 atom stereocenters. The van der Waals surface area contributed by atoms with Gasteiger partial charge in [-0.2, -0.15) is 5.10 Å². The van der Waals surface area contributed by atoms with Gasteiger partial charge in [-0.05, 0) is 126 Å². The third-order valence-electron chi connectivity index (χ3n) is 11.9. The molecule has 0 aliphatic carbocycles. The van der Waals surface area contributed by atoms with E-state index in [-0.39, 0.29) is 30.5 Å². The Hall–Kier alpha value is -7.40. The number of aromatic nitrogens is 1. The van der Waals surface area contributed by atoms with Crippen LogP contribution < -0.4 is 20.8 Å². The molecule has 2 aromatic heterocycles. The van der Waals surface area contributed by atoms with E-state index in [0.717, 1.165) is 53.4 Å². The molecular formula is C53H52N6O8S2. The maximum absolute atomic E-state index is 14.2. The van der Waals surface area contributed by atoms with Gasteiger partial charge in [-0.1, -0.05) is 57.2 Å². The van der Waals surface area contributed by atoms with Crippen LogP contribution in [0.2, 0.25) is 0 Å². The molecule has 4 unspecified atom stereocenters. The van der Waals surface area contributed by atoms with Crippen LogP contribution in [0.4, 0.5) is 0 Å². The molecule has 6 N–H and O–H groups in total. The topological polar surface area (TPSA) is 203 Å². The van der Waals surface area contributed by atoms with E-state index in [9.17, 15) is 34.5 Å². The van der Waals surface area contributed by atoms with Crippen LogP contribution in [0.1, 0.15) is 67.3 Å². The fourth-order valence-corrected chi connectivity index (χ4v) is 10.3. The van der Waals surface area contributed by atoms with Gasteiger partial charge in [0, 0.05) is 39.1 Å². The summed E-state index contributed by atoms with van der Waals surface area (Å²) in [7, 11) is 0. The zero-order valence-electron chi connectivity index (χ0n) is 38.6. The van der Waals surface area contributed by atoms with Gasteiger partial charge in [-0.3, -0.25) is 19.2 Å². The average molecular weight is 965 g/mol. The zero-order chi connectivity index (χ0) is 49.0. The summed E-state index contributed by atoms with van der Waals surface area (Å²) in [6.07, 6.45) is 0.632. The first kappa shape index (κ1) is 48.1.